The standard InChI is InChI=1S/C26H28O2/c27-26(23-15-17-28-18-16-23)14-12-22-11-13-24(21-9-5-2-6-10-21)25(22)19-20-7-3-1-4-8-20/h1-11,13,23,25H,12,14-19H2. The van der Waals surface area contributed by atoms with Gasteiger partial charge < -0.3 is 4.74 Å². The number of Topliss-reactive ketones (excluding diaryl/α,β-unsaturated/α-hetero) is 1. The van der Waals surface area contributed by atoms with Crippen molar-refractivity contribution in [1.29, 1.82) is 0 Å². The first kappa shape index (κ1) is 18.9. The van der Waals surface area contributed by atoms with Crippen LogP contribution in [-0.2, 0) is 16.0 Å². The molecule has 1 atom stereocenters. The minimum absolute atomic E-state index is 0.199. The van der Waals surface area contributed by atoms with Gasteiger partial charge in [0.2, 0.25) is 0 Å². The van der Waals surface area contributed by atoms with E-state index in [4.69, 9.17) is 4.74 Å². The molecule has 1 fully saturated rings. The van der Waals surface area contributed by atoms with Gasteiger partial charge in [0.05, 0.1) is 0 Å². The molecule has 144 valence electrons. The van der Waals surface area contributed by atoms with Crippen LogP contribution in [-0.4, -0.2) is 19.0 Å². The molecule has 1 unspecified atom stereocenters. The van der Waals surface area contributed by atoms with Crippen LogP contribution in [0.3, 0.4) is 0 Å². The second kappa shape index (κ2) is 9.16. The smallest absolute Gasteiger partial charge is 0.136 e. The van der Waals surface area contributed by atoms with Crippen molar-refractivity contribution in [3.8, 4) is 0 Å². The molecule has 1 aliphatic heterocycles. The maximum absolute atomic E-state index is 12.7. The van der Waals surface area contributed by atoms with Crippen LogP contribution in [0, 0.1) is 11.8 Å². The van der Waals surface area contributed by atoms with Gasteiger partial charge in [0.1, 0.15) is 5.78 Å². The SMILES string of the molecule is O=C(CCC1=CC=C(c2ccccc2)C1Cc1ccccc1)C1CCOCC1. The van der Waals surface area contributed by atoms with Gasteiger partial charge in [0.15, 0.2) is 0 Å². The van der Waals surface area contributed by atoms with E-state index in [1.54, 1.807) is 0 Å². The van der Waals surface area contributed by atoms with Gasteiger partial charge in [-0.05, 0) is 42.4 Å². The quantitative estimate of drug-likeness (QED) is 0.628. The lowest BCUT2D eigenvalue weighted by Gasteiger charge is -2.23. The van der Waals surface area contributed by atoms with E-state index in [9.17, 15) is 4.79 Å². The molecule has 2 aliphatic rings. The summed E-state index contributed by atoms with van der Waals surface area (Å²) in [5, 5.41) is 0. The number of ketones is 1. The van der Waals surface area contributed by atoms with Gasteiger partial charge in [-0.25, -0.2) is 0 Å². The summed E-state index contributed by atoms with van der Waals surface area (Å²) in [6.07, 6.45) is 8.79. The number of benzene rings is 2. The summed E-state index contributed by atoms with van der Waals surface area (Å²) in [6, 6.07) is 21.3. The minimum Gasteiger partial charge on any atom is -0.381 e. The molecule has 0 aromatic heterocycles. The maximum atomic E-state index is 12.7. The molecule has 0 amide bonds. The van der Waals surface area contributed by atoms with E-state index in [2.05, 4.69) is 72.8 Å². The number of allylic oxidation sites excluding steroid dienone is 4. The lowest BCUT2D eigenvalue weighted by atomic mass is 9.83. The summed E-state index contributed by atoms with van der Waals surface area (Å²) in [5.74, 6) is 0.966. The average Bonchev–Trinajstić information content (AvgIpc) is 3.16. The topological polar surface area (TPSA) is 26.3 Å². The van der Waals surface area contributed by atoms with Gasteiger partial charge >= 0.3 is 0 Å². The van der Waals surface area contributed by atoms with Crippen LogP contribution in [0.4, 0.5) is 0 Å². The normalized spacial score (nSPS) is 19.9. The van der Waals surface area contributed by atoms with Gasteiger partial charge in [0, 0.05) is 31.5 Å². The second-order valence-corrected chi connectivity index (χ2v) is 7.82. The van der Waals surface area contributed by atoms with Crippen molar-refractivity contribution in [2.75, 3.05) is 13.2 Å². The van der Waals surface area contributed by atoms with E-state index in [1.807, 2.05) is 0 Å². The van der Waals surface area contributed by atoms with Crippen LogP contribution in [0.5, 0.6) is 0 Å². The van der Waals surface area contributed by atoms with Crippen LogP contribution in [0.15, 0.2) is 78.4 Å². The molecule has 0 radical (unpaired) electrons. The van der Waals surface area contributed by atoms with Gasteiger partial charge in [-0.3, -0.25) is 4.79 Å². The Kier molecular flexibility index (Phi) is 6.18. The molecule has 1 heterocycles. The fourth-order valence-corrected chi connectivity index (χ4v) is 4.40. The molecule has 0 saturated carbocycles. The molecule has 1 saturated heterocycles. The Morgan fingerprint density at radius 1 is 0.893 bits per heavy atom. The van der Waals surface area contributed by atoms with E-state index < -0.39 is 0 Å². The zero-order valence-corrected chi connectivity index (χ0v) is 16.3. The highest BCUT2D eigenvalue weighted by molar-refractivity contribution is 5.82. The highest BCUT2D eigenvalue weighted by Gasteiger charge is 2.26. The Bertz CT molecular complexity index is 843. The first-order valence-corrected chi connectivity index (χ1v) is 10.4. The first-order chi connectivity index (χ1) is 13.8. The van der Waals surface area contributed by atoms with Crippen molar-refractivity contribution >= 4 is 11.4 Å². The summed E-state index contributed by atoms with van der Waals surface area (Å²) in [7, 11) is 0. The Balaban J connectivity index is 1.47. The van der Waals surface area contributed by atoms with Gasteiger partial charge in [0.25, 0.3) is 0 Å². The highest BCUT2D eigenvalue weighted by Crippen LogP contribution is 2.39. The first-order valence-electron chi connectivity index (χ1n) is 10.4. The lowest BCUT2D eigenvalue weighted by Crippen LogP contribution is -2.23. The van der Waals surface area contributed by atoms with Crippen molar-refractivity contribution in [2.45, 2.75) is 32.1 Å². The number of rotatable bonds is 7. The van der Waals surface area contributed by atoms with Crippen LogP contribution < -0.4 is 0 Å². The summed E-state index contributed by atoms with van der Waals surface area (Å²) in [6.45, 7) is 1.46. The summed E-state index contributed by atoms with van der Waals surface area (Å²) < 4.78 is 5.40. The maximum Gasteiger partial charge on any atom is 0.136 e. The van der Waals surface area contributed by atoms with Crippen LogP contribution in [0.2, 0.25) is 0 Å². The molecule has 0 spiro atoms. The van der Waals surface area contributed by atoms with Crippen molar-refractivity contribution < 1.29 is 9.53 Å². The molecular formula is C26H28O2. The fraction of sp³-hybridized carbons (Fsp3) is 0.346. The largest absolute Gasteiger partial charge is 0.381 e. The van der Waals surface area contributed by atoms with E-state index in [1.165, 1.54) is 22.3 Å². The Hall–Kier alpha value is -2.45. The third-order valence-electron chi connectivity index (χ3n) is 6.03. The van der Waals surface area contributed by atoms with E-state index in [0.29, 0.717) is 18.1 Å². The monoisotopic (exact) mass is 372 g/mol. The minimum atomic E-state index is 0.199. The predicted octanol–water partition coefficient (Wildman–Crippen LogP) is 5.64. The number of carbonyl (C=O) groups excluding carboxylic acids is 1. The molecule has 0 bridgehead atoms. The average molecular weight is 373 g/mol. The van der Waals surface area contributed by atoms with Gasteiger partial charge in [-0.1, -0.05) is 78.4 Å². The molecule has 4 rings (SSSR count). The van der Waals surface area contributed by atoms with Crippen LogP contribution in [0.25, 0.3) is 5.57 Å². The molecule has 0 N–H and O–H groups in total. The van der Waals surface area contributed by atoms with Crippen molar-refractivity contribution in [1.82, 2.24) is 0 Å². The van der Waals surface area contributed by atoms with Gasteiger partial charge in [-0.2, -0.15) is 0 Å². The predicted molar refractivity (Wildman–Crippen MR) is 114 cm³/mol. The van der Waals surface area contributed by atoms with Crippen LogP contribution >= 0.6 is 0 Å². The van der Waals surface area contributed by atoms with Crippen LogP contribution in [0.1, 0.15) is 36.8 Å². The molecule has 2 aromatic rings. The molecular weight excluding hydrogens is 344 g/mol. The highest BCUT2D eigenvalue weighted by atomic mass is 16.5. The fourth-order valence-electron chi connectivity index (χ4n) is 4.40. The van der Waals surface area contributed by atoms with Crippen molar-refractivity contribution in [2.24, 2.45) is 11.8 Å². The van der Waals surface area contributed by atoms with Crippen molar-refractivity contribution in [3.05, 3.63) is 89.5 Å². The summed E-state index contributed by atoms with van der Waals surface area (Å²) in [5.41, 5.74) is 5.39. The molecule has 2 aromatic carbocycles. The zero-order valence-electron chi connectivity index (χ0n) is 16.3. The summed E-state index contributed by atoms with van der Waals surface area (Å²) >= 11 is 0. The lowest BCUT2D eigenvalue weighted by molar-refractivity contribution is -0.125. The van der Waals surface area contributed by atoms with E-state index >= 15 is 0 Å². The van der Waals surface area contributed by atoms with Crippen molar-refractivity contribution in [3.63, 3.8) is 0 Å². The van der Waals surface area contributed by atoms with E-state index in [0.717, 1.165) is 38.9 Å². The zero-order chi connectivity index (χ0) is 19.2. The van der Waals surface area contributed by atoms with Gasteiger partial charge in [-0.15, -0.1) is 0 Å². The molecule has 1 aliphatic carbocycles. The molecule has 28 heavy (non-hydrogen) atoms. The Morgan fingerprint density at radius 3 is 2.29 bits per heavy atom. The number of ether oxygens (including phenoxy) is 1. The molecule has 2 nitrogen and oxygen atoms in total. The third kappa shape index (κ3) is 4.51. The third-order valence-corrected chi connectivity index (χ3v) is 6.03. The Morgan fingerprint density at radius 2 is 1.57 bits per heavy atom. The summed E-state index contributed by atoms with van der Waals surface area (Å²) in [4.78, 5) is 12.7. The van der Waals surface area contributed by atoms with E-state index in [-0.39, 0.29) is 5.92 Å². The number of hydrogen-bond donors (Lipinski definition) is 0. The Labute approximate surface area is 167 Å². The second-order valence-electron chi connectivity index (χ2n) is 7.82. The molecule has 2 heteroatoms. The number of hydrogen-bond acceptors (Lipinski definition) is 2. The number of carbonyl (C=O) groups is 1.